The van der Waals surface area contributed by atoms with E-state index in [2.05, 4.69) is 49.1 Å². The molecule has 0 spiro atoms. The van der Waals surface area contributed by atoms with E-state index in [9.17, 15) is 0 Å². The van der Waals surface area contributed by atoms with Gasteiger partial charge in [0.1, 0.15) is 11.5 Å². The Morgan fingerprint density at radius 2 is 1.70 bits per heavy atom. The summed E-state index contributed by atoms with van der Waals surface area (Å²) in [6.45, 7) is 0. The predicted octanol–water partition coefficient (Wildman–Crippen LogP) is 6.41. The SMILES string of the molecule is COc1ccc(Oc2c(Br)cc(C=NO)cc2Br)cc1Cc1ccccc1. The first kappa shape index (κ1) is 19.5. The number of hydrogen-bond acceptors (Lipinski definition) is 4. The first-order chi connectivity index (χ1) is 13.1. The van der Waals surface area contributed by atoms with Gasteiger partial charge in [-0.1, -0.05) is 35.5 Å². The fourth-order valence-corrected chi connectivity index (χ4v) is 4.09. The van der Waals surface area contributed by atoms with Gasteiger partial charge in [-0.2, -0.15) is 0 Å². The van der Waals surface area contributed by atoms with Gasteiger partial charge in [-0.25, -0.2) is 0 Å². The average Bonchev–Trinajstić information content (AvgIpc) is 2.66. The molecule has 3 rings (SSSR count). The van der Waals surface area contributed by atoms with Gasteiger partial charge in [0.2, 0.25) is 0 Å². The lowest BCUT2D eigenvalue weighted by Crippen LogP contribution is -1.96. The molecular weight excluding hydrogens is 474 g/mol. The minimum Gasteiger partial charge on any atom is -0.496 e. The van der Waals surface area contributed by atoms with E-state index in [0.717, 1.165) is 32.2 Å². The Balaban J connectivity index is 1.91. The number of halogens is 2. The Morgan fingerprint density at radius 3 is 2.33 bits per heavy atom. The number of oxime groups is 1. The molecule has 138 valence electrons. The maximum Gasteiger partial charge on any atom is 0.155 e. The van der Waals surface area contributed by atoms with E-state index in [4.69, 9.17) is 14.7 Å². The van der Waals surface area contributed by atoms with Crippen LogP contribution in [-0.4, -0.2) is 18.5 Å². The average molecular weight is 491 g/mol. The maximum absolute atomic E-state index is 8.70. The molecular formula is C21H17Br2NO3. The lowest BCUT2D eigenvalue weighted by atomic mass is 10.0. The second kappa shape index (κ2) is 9.06. The molecule has 0 atom stereocenters. The molecule has 0 radical (unpaired) electrons. The number of benzene rings is 3. The van der Waals surface area contributed by atoms with Crippen molar-refractivity contribution in [1.29, 1.82) is 0 Å². The van der Waals surface area contributed by atoms with E-state index in [1.54, 1.807) is 7.11 Å². The highest BCUT2D eigenvalue weighted by Crippen LogP contribution is 2.38. The zero-order valence-electron chi connectivity index (χ0n) is 14.5. The van der Waals surface area contributed by atoms with Crippen LogP contribution in [0.5, 0.6) is 17.2 Å². The summed E-state index contributed by atoms with van der Waals surface area (Å²) in [6.07, 6.45) is 2.10. The standard InChI is InChI=1S/C21H17Br2NO3/c1-26-20-8-7-17(12-16(20)9-14-5-3-2-4-6-14)27-21-18(22)10-15(13-24-25)11-19(21)23/h2-8,10-13,25H,9H2,1H3. The van der Waals surface area contributed by atoms with Crippen LogP contribution in [0.2, 0.25) is 0 Å². The Labute approximate surface area is 174 Å². The van der Waals surface area contributed by atoms with Crippen molar-refractivity contribution in [3.8, 4) is 17.2 Å². The summed E-state index contributed by atoms with van der Waals surface area (Å²) in [4.78, 5) is 0. The Morgan fingerprint density at radius 1 is 1.00 bits per heavy atom. The Hall–Kier alpha value is -2.31. The smallest absolute Gasteiger partial charge is 0.155 e. The summed E-state index contributed by atoms with van der Waals surface area (Å²) in [5.41, 5.74) is 2.98. The molecule has 0 aliphatic rings. The third kappa shape index (κ3) is 4.90. The van der Waals surface area contributed by atoms with Crippen molar-refractivity contribution >= 4 is 38.1 Å². The van der Waals surface area contributed by atoms with Crippen LogP contribution in [0, 0.1) is 0 Å². The summed E-state index contributed by atoms with van der Waals surface area (Å²) >= 11 is 7.01. The van der Waals surface area contributed by atoms with Crippen molar-refractivity contribution in [2.24, 2.45) is 5.16 Å². The minimum atomic E-state index is 0.640. The fraction of sp³-hybridized carbons (Fsp3) is 0.0952. The summed E-state index contributed by atoms with van der Waals surface area (Å²) in [7, 11) is 1.67. The molecule has 0 saturated heterocycles. The van der Waals surface area contributed by atoms with E-state index in [-0.39, 0.29) is 0 Å². The van der Waals surface area contributed by atoms with E-state index >= 15 is 0 Å². The molecule has 3 aromatic rings. The lowest BCUT2D eigenvalue weighted by molar-refractivity contribution is 0.322. The molecule has 0 unspecified atom stereocenters. The Bertz CT molecular complexity index is 936. The normalized spacial score (nSPS) is 10.9. The van der Waals surface area contributed by atoms with Gasteiger partial charge in [0.05, 0.1) is 22.3 Å². The van der Waals surface area contributed by atoms with E-state index < -0.39 is 0 Å². The summed E-state index contributed by atoms with van der Waals surface area (Å²) < 4.78 is 13.1. The monoisotopic (exact) mass is 489 g/mol. The maximum atomic E-state index is 8.70. The topological polar surface area (TPSA) is 51.0 Å². The third-order valence-electron chi connectivity index (χ3n) is 3.94. The molecule has 3 aromatic carbocycles. The second-order valence-electron chi connectivity index (χ2n) is 5.80. The molecule has 0 aliphatic carbocycles. The number of hydrogen-bond donors (Lipinski definition) is 1. The highest BCUT2D eigenvalue weighted by Gasteiger charge is 2.12. The number of methoxy groups -OCH3 is 1. The van der Waals surface area contributed by atoms with E-state index in [1.165, 1.54) is 11.8 Å². The molecule has 0 aliphatic heterocycles. The molecule has 27 heavy (non-hydrogen) atoms. The van der Waals surface area contributed by atoms with Crippen LogP contribution in [0.1, 0.15) is 16.7 Å². The fourth-order valence-electron chi connectivity index (χ4n) is 2.71. The van der Waals surface area contributed by atoms with Crippen LogP contribution >= 0.6 is 31.9 Å². The number of rotatable bonds is 6. The minimum absolute atomic E-state index is 0.640. The highest BCUT2D eigenvalue weighted by molar-refractivity contribution is 9.11. The zero-order chi connectivity index (χ0) is 19.2. The van der Waals surface area contributed by atoms with Crippen LogP contribution in [0.4, 0.5) is 0 Å². The predicted molar refractivity (Wildman–Crippen MR) is 114 cm³/mol. The van der Waals surface area contributed by atoms with Gasteiger partial charge in [-0.05, 0) is 73.3 Å². The van der Waals surface area contributed by atoms with Gasteiger partial charge in [-0.3, -0.25) is 0 Å². The lowest BCUT2D eigenvalue weighted by Gasteiger charge is -2.14. The van der Waals surface area contributed by atoms with Gasteiger partial charge in [-0.15, -0.1) is 0 Å². The first-order valence-corrected chi connectivity index (χ1v) is 9.74. The van der Waals surface area contributed by atoms with Gasteiger partial charge >= 0.3 is 0 Å². The molecule has 6 heteroatoms. The molecule has 4 nitrogen and oxygen atoms in total. The van der Waals surface area contributed by atoms with E-state index in [0.29, 0.717) is 11.5 Å². The zero-order valence-corrected chi connectivity index (χ0v) is 17.7. The van der Waals surface area contributed by atoms with Crippen LogP contribution in [-0.2, 0) is 6.42 Å². The van der Waals surface area contributed by atoms with Gasteiger partial charge in [0, 0.05) is 12.0 Å². The quantitative estimate of drug-likeness (QED) is 0.246. The van der Waals surface area contributed by atoms with Gasteiger partial charge in [0.15, 0.2) is 5.75 Å². The summed E-state index contributed by atoms with van der Waals surface area (Å²) in [6, 6.07) is 19.6. The number of ether oxygens (including phenoxy) is 2. The van der Waals surface area contributed by atoms with Crippen LogP contribution in [0.15, 0.2) is 74.8 Å². The molecule has 0 amide bonds. The first-order valence-electron chi connectivity index (χ1n) is 8.16. The number of nitrogens with zero attached hydrogens (tertiary/aromatic N) is 1. The molecule has 0 fully saturated rings. The van der Waals surface area contributed by atoms with Crippen molar-refractivity contribution < 1.29 is 14.7 Å². The van der Waals surface area contributed by atoms with E-state index in [1.807, 2.05) is 48.5 Å². The van der Waals surface area contributed by atoms with Crippen LogP contribution in [0.3, 0.4) is 0 Å². The van der Waals surface area contributed by atoms with Crippen molar-refractivity contribution in [2.75, 3.05) is 7.11 Å². The van der Waals surface area contributed by atoms with Crippen LogP contribution < -0.4 is 9.47 Å². The van der Waals surface area contributed by atoms with Gasteiger partial charge < -0.3 is 14.7 Å². The highest BCUT2D eigenvalue weighted by atomic mass is 79.9. The Kier molecular flexibility index (Phi) is 6.53. The molecule has 0 saturated carbocycles. The van der Waals surface area contributed by atoms with Gasteiger partial charge in [0.25, 0.3) is 0 Å². The largest absolute Gasteiger partial charge is 0.496 e. The molecule has 0 heterocycles. The molecule has 0 aromatic heterocycles. The molecule has 0 bridgehead atoms. The van der Waals surface area contributed by atoms with Crippen molar-refractivity contribution in [1.82, 2.24) is 0 Å². The van der Waals surface area contributed by atoms with Crippen LogP contribution in [0.25, 0.3) is 0 Å². The molecule has 1 N–H and O–H groups in total. The van der Waals surface area contributed by atoms with Crippen molar-refractivity contribution in [3.63, 3.8) is 0 Å². The summed E-state index contributed by atoms with van der Waals surface area (Å²) in [5, 5.41) is 11.8. The summed E-state index contributed by atoms with van der Waals surface area (Å²) in [5.74, 6) is 2.16. The third-order valence-corrected chi connectivity index (χ3v) is 5.11. The second-order valence-corrected chi connectivity index (χ2v) is 7.51. The van der Waals surface area contributed by atoms with Crippen molar-refractivity contribution in [2.45, 2.75) is 6.42 Å². The van der Waals surface area contributed by atoms with Crippen molar-refractivity contribution in [3.05, 3.63) is 86.3 Å².